The molecule has 2 aliphatic rings. The van der Waals surface area contributed by atoms with Crippen molar-refractivity contribution in [3.63, 3.8) is 0 Å². The van der Waals surface area contributed by atoms with Crippen LogP contribution in [0, 0.1) is 5.92 Å². The Morgan fingerprint density at radius 2 is 1.95 bits per heavy atom. The fourth-order valence-corrected chi connectivity index (χ4v) is 3.08. The minimum Gasteiger partial charge on any atom is -0.480 e. The van der Waals surface area contributed by atoms with Crippen LogP contribution in [-0.4, -0.2) is 41.9 Å². The maximum Gasteiger partial charge on any atom is 0.329 e. The zero-order valence-electron chi connectivity index (χ0n) is 12.7. The molecule has 3 N–H and O–H groups in total. The first-order chi connectivity index (χ1) is 10.0. The number of ether oxygens (including phenoxy) is 1. The third-order valence-electron chi connectivity index (χ3n) is 4.65. The highest BCUT2D eigenvalue weighted by atomic mass is 16.5. The van der Waals surface area contributed by atoms with Crippen LogP contribution in [0.3, 0.4) is 0 Å². The molecule has 120 valence electrons. The molecule has 0 aromatic rings. The number of amides is 2. The molecule has 1 heterocycles. The number of urea groups is 1. The number of carbonyl (C=O) groups excluding carboxylic acids is 1. The van der Waals surface area contributed by atoms with Crippen LogP contribution in [0.25, 0.3) is 0 Å². The third kappa shape index (κ3) is 4.33. The van der Waals surface area contributed by atoms with Gasteiger partial charge in [-0.1, -0.05) is 6.92 Å². The van der Waals surface area contributed by atoms with Crippen molar-refractivity contribution in [3.8, 4) is 0 Å². The van der Waals surface area contributed by atoms with Crippen LogP contribution in [0.15, 0.2) is 0 Å². The van der Waals surface area contributed by atoms with Gasteiger partial charge in [0.15, 0.2) is 0 Å². The largest absolute Gasteiger partial charge is 0.480 e. The number of aliphatic carboxylic acids is 1. The van der Waals surface area contributed by atoms with Gasteiger partial charge in [0.1, 0.15) is 5.54 Å². The molecule has 1 aliphatic carbocycles. The molecule has 0 radical (unpaired) electrons. The summed E-state index contributed by atoms with van der Waals surface area (Å²) in [4.78, 5) is 23.6. The average molecular weight is 298 g/mol. The van der Waals surface area contributed by atoms with Crippen molar-refractivity contribution in [1.82, 2.24) is 10.6 Å². The monoisotopic (exact) mass is 298 g/mol. The maximum absolute atomic E-state index is 12.0. The van der Waals surface area contributed by atoms with Gasteiger partial charge in [0.05, 0.1) is 6.10 Å². The van der Waals surface area contributed by atoms with E-state index in [0.717, 1.165) is 38.7 Å². The maximum atomic E-state index is 12.0. The summed E-state index contributed by atoms with van der Waals surface area (Å²) < 4.78 is 5.55. The van der Waals surface area contributed by atoms with E-state index in [1.807, 2.05) is 0 Å². The molecule has 1 saturated heterocycles. The van der Waals surface area contributed by atoms with Crippen LogP contribution >= 0.6 is 0 Å². The van der Waals surface area contributed by atoms with Gasteiger partial charge in [-0.15, -0.1) is 0 Å². The van der Waals surface area contributed by atoms with Crippen molar-refractivity contribution >= 4 is 12.0 Å². The Balaban J connectivity index is 1.82. The van der Waals surface area contributed by atoms with E-state index in [2.05, 4.69) is 17.6 Å². The zero-order valence-corrected chi connectivity index (χ0v) is 12.7. The molecule has 0 spiro atoms. The molecular formula is C15H26N2O4. The van der Waals surface area contributed by atoms with Gasteiger partial charge in [-0.3, -0.25) is 0 Å². The van der Waals surface area contributed by atoms with Gasteiger partial charge < -0.3 is 20.5 Å². The SMILES string of the molecule is CC1CCC(NC(=O)NCC2CCCCO2)(C(=O)O)CC1. The molecule has 1 atom stereocenters. The Bertz CT molecular complexity index is 372. The second-order valence-corrected chi connectivity index (χ2v) is 6.39. The quantitative estimate of drug-likeness (QED) is 0.739. The summed E-state index contributed by atoms with van der Waals surface area (Å²) in [6.45, 7) is 3.30. The van der Waals surface area contributed by atoms with Crippen LogP contribution in [0.2, 0.25) is 0 Å². The molecule has 0 aromatic carbocycles. The number of carboxylic acids is 1. The summed E-state index contributed by atoms with van der Waals surface area (Å²) in [5, 5.41) is 14.9. The smallest absolute Gasteiger partial charge is 0.329 e. The topological polar surface area (TPSA) is 87.7 Å². The Kier molecular flexibility index (Phi) is 5.45. The van der Waals surface area contributed by atoms with Crippen LogP contribution < -0.4 is 10.6 Å². The fourth-order valence-electron chi connectivity index (χ4n) is 3.08. The highest BCUT2D eigenvalue weighted by Gasteiger charge is 2.42. The summed E-state index contributed by atoms with van der Waals surface area (Å²) in [6.07, 6.45) is 5.84. The molecule has 1 unspecified atom stereocenters. The number of rotatable bonds is 4. The second kappa shape index (κ2) is 7.11. The Morgan fingerprint density at radius 3 is 2.52 bits per heavy atom. The Labute approximate surface area is 125 Å². The highest BCUT2D eigenvalue weighted by Crippen LogP contribution is 2.32. The van der Waals surface area contributed by atoms with E-state index in [1.54, 1.807) is 0 Å². The van der Waals surface area contributed by atoms with Gasteiger partial charge in [0, 0.05) is 13.2 Å². The molecule has 2 rings (SSSR count). The molecule has 1 aliphatic heterocycles. The van der Waals surface area contributed by atoms with Crippen molar-refractivity contribution in [1.29, 1.82) is 0 Å². The summed E-state index contributed by atoms with van der Waals surface area (Å²) >= 11 is 0. The van der Waals surface area contributed by atoms with E-state index in [9.17, 15) is 14.7 Å². The summed E-state index contributed by atoms with van der Waals surface area (Å²) in [5.41, 5.74) is -1.11. The number of nitrogens with one attached hydrogen (secondary N) is 2. The number of hydrogen-bond acceptors (Lipinski definition) is 3. The van der Waals surface area contributed by atoms with E-state index in [-0.39, 0.29) is 6.10 Å². The second-order valence-electron chi connectivity index (χ2n) is 6.39. The van der Waals surface area contributed by atoms with Crippen LogP contribution in [0.1, 0.15) is 51.9 Å². The van der Waals surface area contributed by atoms with Gasteiger partial charge in [-0.2, -0.15) is 0 Å². The molecule has 6 nitrogen and oxygen atoms in total. The highest BCUT2D eigenvalue weighted by molar-refractivity contribution is 5.86. The lowest BCUT2D eigenvalue weighted by Gasteiger charge is -2.36. The first-order valence-electron chi connectivity index (χ1n) is 7.93. The molecule has 1 saturated carbocycles. The third-order valence-corrected chi connectivity index (χ3v) is 4.65. The lowest BCUT2D eigenvalue weighted by atomic mass is 9.77. The number of carboxylic acid groups (broad SMARTS) is 1. The minimum atomic E-state index is -1.11. The van der Waals surface area contributed by atoms with Crippen molar-refractivity contribution in [2.24, 2.45) is 5.92 Å². The fraction of sp³-hybridized carbons (Fsp3) is 0.867. The van der Waals surface area contributed by atoms with Crippen molar-refractivity contribution in [3.05, 3.63) is 0 Å². The van der Waals surface area contributed by atoms with Crippen LogP contribution in [0.5, 0.6) is 0 Å². The Morgan fingerprint density at radius 1 is 1.24 bits per heavy atom. The van der Waals surface area contributed by atoms with Crippen LogP contribution in [0.4, 0.5) is 4.79 Å². The molecule has 21 heavy (non-hydrogen) atoms. The summed E-state index contributed by atoms with van der Waals surface area (Å²) in [6, 6.07) is -0.402. The Hall–Kier alpha value is -1.30. The van der Waals surface area contributed by atoms with E-state index < -0.39 is 17.5 Å². The van der Waals surface area contributed by atoms with Gasteiger partial charge >= 0.3 is 12.0 Å². The van der Waals surface area contributed by atoms with E-state index >= 15 is 0 Å². The van der Waals surface area contributed by atoms with E-state index in [1.165, 1.54) is 0 Å². The van der Waals surface area contributed by atoms with E-state index in [0.29, 0.717) is 25.3 Å². The van der Waals surface area contributed by atoms with Crippen molar-refractivity contribution < 1.29 is 19.4 Å². The van der Waals surface area contributed by atoms with E-state index in [4.69, 9.17) is 4.74 Å². The molecule has 2 amide bonds. The van der Waals surface area contributed by atoms with Gasteiger partial charge in [-0.25, -0.2) is 9.59 Å². The van der Waals surface area contributed by atoms with Crippen LogP contribution in [-0.2, 0) is 9.53 Å². The standard InChI is InChI=1S/C15H26N2O4/c1-11-5-7-15(8-6-11,13(18)19)17-14(20)16-10-12-4-2-3-9-21-12/h11-12H,2-10H2,1H3,(H,18,19)(H2,16,17,20). The molecular weight excluding hydrogens is 272 g/mol. The summed E-state index contributed by atoms with van der Waals surface area (Å²) in [5.74, 6) is -0.406. The number of carbonyl (C=O) groups is 2. The predicted molar refractivity (Wildman–Crippen MR) is 78.1 cm³/mol. The molecule has 0 bridgehead atoms. The van der Waals surface area contributed by atoms with Crippen molar-refractivity contribution in [2.45, 2.75) is 63.5 Å². The first-order valence-corrected chi connectivity index (χ1v) is 7.93. The normalized spacial score (nSPS) is 33.2. The summed E-state index contributed by atoms with van der Waals surface area (Å²) in [7, 11) is 0. The number of hydrogen-bond donors (Lipinski definition) is 3. The minimum absolute atomic E-state index is 0.0525. The molecule has 0 aromatic heterocycles. The first kappa shape index (κ1) is 16.1. The predicted octanol–water partition coefficient (Wildman–Crippen LogP) is 1.89. The van der Waals surface area contributed by atoms with Gasteiger partial charge in [0.2, 0.25) is 0 Å². The van der Waals surface area contributed by atoms with Gasteiger partial charge in [-0.05, 0) is 50.9 Å². The van der Waals surface area contributed by atoms with Gasteiger partial charge in [0.25, 0.3) is 0 Å². The lowest BCUT2D eigenvalue weighted by molar-refractivity contribution is -0.146. The molecule has 6 heteroatoms. The molecule has 2 fully saturated rings. The lowest BCUT2D eigenvalue weighted by Crippen LogP contribution is -2.59. The van der Waals surface area contributed by atoms with Crippen molar-refractivity contribution in [2.75, 3.05) is 13.2 Å². The zero-order chi connectivity index (χ0) is 15.3. The average Bonchev–Trinajstić information content (AvgIpc) is 2.48.